The topological polar surface area (TPSA) is 38.0 Å². The summed E-state index contributed by atoms with van der Waals surface area (Å²) in [5, 5.41) is 15.7. The van der Waals surface area contributed by atoms with E-state index in [1.54, 1.807) is 0 Å². The number of hydrogen-bond acceptors (Lipinski definition) is 2. The van der Waals surface area contributed by atoms with Crippen molar-refractivity contribution in [3.8, 4) is 5.69 Å². The first-order chi connectivity index (χ1) is 9.31. The Hall–Kier alpha value is -2.13. The Kier molecular flexibility index (Phi) is 3.05. The Labute approximate surface area is 112 Å². The maximum absolute atomic E-state index is 10.1. The average molecular weight is 252 g/mol. The molecule has 1 atom stereocenters. The van der Waals surface area contributed by atoms with Gasteiger partial charge in [-0.05, 0) is 18.6 Å². The summed E-state index contributed by atoms with van der Waals surface area (Å²) in [5.74, 6) is 0. The van der Waals surface area contributed by atoms with E-state index in [0.717, 1.165) is 22.2 Å². The van der Waals surface area contributed by atoms with E-state index in [2.05, 4.69) is 5.10 Å². The first-order valence-electron chi connectivity index (χ1n) is 6.51. The third-order valence-corrected chi connectivity index (χ3v) is 3.39. The van der Waals surface area contributed by atoms with Crippen LogP contribution in [0, 0.1) is 0 Å². The SMILES string of the molecule is CC[C@H](O)c1ccccc1-n1ncc2ccccc21. The fourth-order valence-electron chi connectivity index (χ4n) is 2.35. The number of rotatable bonds is 3. The van der Waals surface area contributed by atoms with Gasteiger partial charge >= 0.3 is 0 Å². The van der Waals surface area contributed by atoms with Crippen molar-refractivity contribution in [1.82, 2.24) is 9.78 Å². The first kappa shape index (κ1) is 11.9. The van der Waals surface area contributed by atoms with E-state index in [1.165, 1.54) is 0 Å². The molecule has 0 aliphatic heterocycles. The van der Waals surface area contributed by atoms with Gasteiger partial charge in [-0.1, -0.05) is 43.3 Å². The van der Waals surface area contributed by atoms with Gasteiger partial charge in [-0.2, -0.15) is 5.10 Å². The van der Waals surface area contributed by atoms with E-state index in [-0.39, 0.29) is 0 Å². The second-order valence-corrected chi connectivity index (χ2v) is 4.60. The van der Waals surface area contributed by atoms with Crippen LogP contribution in [0.15, 0.2) is 54.7 Å². The summed E-state index contributed by atoms with van der Waals surface area (Å²) in [5.41, 5.74) is 2.91. The second kappa shape index (κ2) is 4.86. The van der Waals surface area contributed by atoms with Gasteiger partial charge in [0.2, 0.25) is 0 Å². The molecule has 0 amide bonds. The molecule has 0 aliphatic carbocycles. The van der Waals surface area contributed by atoms with Crippen LogP contribution in [0.1, 0.15) is 25.0 Å². The summed E-state index contributed by atoms with van der Waals surface area (Å²) >= 11 is 0. The summed E-state index contributed by atoms with van der Waals surface area (Å²) in [6, 6.07) is 15.9. The van der Waals surface area contributed by atoms with Crippen molar-refractivity contribution in [2.45, 2.75) is 19.4 Å². The highest BCUT2D eigenvalue weighted by molar-refractivity contribution is 5.80. The molecule has 2 aromatic carbocycles. The highest BCUT2D eigenvalue weighted by atomic mass is 16.3. The van der Waals surface area contributed by atoms with Crippen molar-refractivity contribution in [2.24, 2.45) is 0 Å². The van der Waals surface area contributed by atoms with E-state index in [0.29, 0.717) is 6.42 Å². The van der Waals surface area contributed by atoms with Crippen LogP contribution in [0.25, 0.3) is 16.6 Å². The van der Waals surface area contributed by atoms with Crippen molar-refractivity contribution in [1.29, 1.82) is 0 Å². The lowest BCUT2D eigenvalue weighted by Crippen LogP contribution is -2.05. The van der Waals surface area contributed by atoms with Gasteiger partial charge < -0.3 is 5.11 Å². The standard InChI is InChI=1S/C16H16N2O/c1-2-16(19)13-8-4-6-10-15(13)18-14-9-5-3-7-12(14)11-17-18/h3-11,16,19H,2H2,1H3/t16-/m0/s1. The minimum absolute atomic E-state index is 0.459. The molecule has 0 radical (unpaired) electrons. The van der Waals surface area contributed by atoms with Gasteiger partial charge in [0.15, 0.2) is 0 Å². The van der Waals surface area contributed by atoms with Crippen LogP contribution in [-0.4, -0.2) is 14.9 Å². The van der Waals surface area contributed by atoms with E-state index in [9.17, 15) is 5.11 Å². The van der Waals surface area contributed by atoms with E-state index < -0.39 is 6.10 Å². The molecule has 1 aromatic heterocycles. The molecule has 0 aliphatic rings. The van der Waals surface area contributed by atoms with Crippen LogP contribution in [0.5, 0.6) is 0 Å². The van der Waals surface area contributed by atoms with Crippen LogP contribution in [0.3, 0.4) is 0 Å². The number of aliphatic hydroxyl groups is 1. The zero-order chi connectivity index (χ0) is 13.2. The predicted molar refractivity (Wildman–Crippen MR) is 76.3 cm³/mol. The Balaban J connectivity index is 2.22. The lowest BCUT2D eigenvalue weighted by atomic mass is 10.1. The van der Waals surface area contributed by atoms with Crippen LogP contribution >= 0.6 is 0 Å². The Morgan fingerprint density at radius 2 is 1.84 bits per heavy atom. The van der Waals surface area contributed by atoms with Crippen molar-refractivity contribution in [3.05, 3.63) is 60.3 Å². The van der Waals surface area contributed by atoms with Gasteiger partial charge in [0.25, 0.3) is 0 Å². The molecule has 3 aromatic rings. The van der Waals surface area contributed by atoms with Gasteiger partial charge in [0, 0.05) is 10.9 Å². The van der Waals surface area contributed by atoms with Crippen molar-refractivity contribution in [2.75, 3.05) is 0 Å². The van der Waals surface area contributed by atoms with Gasteiger partial charge in [-0.3, -0.25) is 0 Å². The highest BCUT2D eigenvalue weighted by Crippen LogP contribution is 2.26. The molecule has 0 unspecified atom stereocenters. The molecule has 3 nitrogen and oxygen atoms in total. The molecule has 1 heterocycles. The molecule has 96 valence electrons. The lowest BCUT2D eigenvalue weighted by Gasteiger charge is -2.14. The quantitative estimate of drug-likeness (QED) is 0.775. The average Bonchev–Trinajstić information content (AvgIpc) is 2.90. The number of hydrogen-bond donors (Lipinski definition) is 1. The summed E-state index contributed by atoms with van der Waals surface area (Å²) in [6.45, 7) is 1.97. The first-order valence-corrected chi connectivity index (χ1v) is 6.51. The third-order valence-electron chi connectivity index (χ3n) is 3.39. The number of nitrogens with zero attached hydrogens (tertiary/aromatic N) is 2. The molecule has 3 rings (SSSR count). The Bertz CT molecular complexity index is 703. The minimum Gasteiger partial charge on any atom is -0.388 e. The predicted octanol–water partition coefficient (Wildman–Crippen LogP) is 3.47. The Morgan fingerprint density at radius 1 is 1.11 bits per heavy atom. The summed E-state index contributed by atoms with van der Waals surface area (Å²) < 4.78 is 1.89. The summed E-state index contributed by atoms with van der Waals surface area (Å²) in [6.07, 6.45) is 2.08. The summed E-state index contributed by atoms with van der Waals surface area (Å²) in [4.78, 5) is 0. The molecule has 0 spiro atoms. The molecule has 0 saturated carbocycles. The van der Waals surface area contributed by atoms with Gasteiger partial charge in [-0.15, -0.1) is 0 Å². The normalized spacial score (nSPS) is 12.7. The minimum atomic E-state index is -0.459. The number of para-hydroxylation sites is 2. The molecule has 0 fully saturated rings. The van der Waals surface area contributed by atoms with Crippen LogP contribution < -0.4 is 0 Å². The second-order valence-electron chi connectivity index (χ2n) is 4.60. The third kappa shape index (κ3) is 2.02. The van der Waals surface area contributed by atoms with Crippen molar-refractivity contribution < 1.29 is 5.11 Å². The van der Waals surface area contributed by atoms with E-state index in [4.69, 9.17) is 0 Å². The van der Waals surface area contributed by atoms with Gasteiger partial charge in [-0.25, -0.2) is 4.68 Å². The fraction of sp³-hybridized carbons (Fsp3) is 0.188. The van der Waals surface area contributed by atoms with Crippen LogP contribution in [-0.2, 0) is 0 Å². The molecule has 1 N–H and O–H groups in total. The zero-order valence-corrected chi connectivity index (χ0v) is 10.8. The maximum Gasteiger partial charge on any atom is 0.0808 e. The van der Waals surface area contributed by atoms with Gasteiger partial charge in [0.05, 0.1) is 23.5 Å². The molecular weight excluding hydrogens is 236 g/mol. The smallest absolute Gasteiger partial charge is 0.0808 e. The van der Waals surface area contributed by atoms with Crippen molar-refractivity contribution >= 4 is 10.9 Å². The van der Waals surface area contributed by atoms with E-state index in [1.807, 2.05) is 66.3 Å². The molecule has 19 heavy (non-hydrogen) atoms. The molecule has 3 heteroatoms. The number of benzene rings is 2. The van der Waals surface area contributed by atoms with E-state index >= 15 is 0 Å². The number of aromatic nitrogens is 2. The highest BCUT2D eigenvalue weighted by Gasteiger charge is 2.13. The monoisotopic (exact) mass is 252 g/mol. The van der Waals surface area contributed by atoms with Crippen molar-refractivity contribution in [3.63, 3.8) is 0 Å². The Morgan fingerprint density at radius 3 is 2.68 bits per heavy atom. The summed E-state index contributed by atoms with van der Waals surface area (Å²) in [7, 11) is 0. The fourth-order valence-corrected chi connectivity index (χ4v) is 2.35. The maximum atomic E-state index is 10.1. The van der Waals surface area contributed by atoms with Crippen LogP contribution in [0.4, 0.5) is 0 Å². The molecule has 0 bridgehead atoms. The van der Waals surface area contributed by atoms with Gasteiger partial charge in [0.1, 0.15) is 0 Å². The molecular formula is C16H16N2O. The zero-order valence-electron chi connectivity index (χ0n) is 10.8. The van der Waals surface area contributed by atoms with Crippen LogP contribution in [0.2, 0.25) is 0 Å². The number of fused-ring (bicyclic) bond motifs is 1. The number of aliphatic hydroxyl groups excluding tert-OH is 1. The largest absolute Gasteiger partial charge is 0.388 e. The molecule has 0 saturated heterocycles. The lowest BCUT2D eigenvalue weighted by molar-refractivity contribution is 0.173.